The van der Waals surface area contributed by atoms with E-state index in [1.165, 1.54) is 12.8 Å². The minimum atomic E-state index is -0.350. The van der Waals surface area contributed by atoms with Crippen molar-refractivity contribution in [1.29, 1.82) is 0 Å². The van der Waals surface area contributed by atoms with Crippen LogP contribution in [0, 0.1) is 11.8 Å². The van der Waals surface area contributed by atoms with Crippen LogP contribution in [-0.2, 0) is 0 Å². The van der Waals surface area contributed by atoms with Crippen molar-refractivity contribution in [2.75, 3.05) is 0 Å². The van der Waals surface area contributed by atoms with Crippen LogP contribution < -0.4 is 0 Å². The minimum absolute atomic E-state index is 0.125. The molecule has 0 amide bonds. The first-order valence-corrected chi connectivity index (χ1v) is 4.53. The largest absolute Gasteiger partial charge is 0.393 e. The first-order valence-electron chi connectivity index (χ1n) is 4.53. The number of hydrogen-bond acceptors (Lipinski definition) is 2. The molecule has 0 aromatic rings. The van der Waals surface area contributed by atoms with Gasteiger partial charge in [-0.1, -0.05) is 6.92 Å². The molecule has 2 heteroatoms. The van der Waals surface area contributed by atoms with Gasteiger partial charge in [-0.3, -0.25) is 0 Å². The second kappa shape index (κ2) is 3.55. The molecule has 0 radical (unpaired) electrons. The van der Waals surface area contributed by atoms with Gasteiger partial charge in [0.2, 0.25) is 0 Å². The van der Waals surface area contributed by atoms with E-state index >= 15 is 0 Å². The van der Waals surface area contributed by atoms with Crippen molar-refractivity contribution in [2.24, 2.45) is 11.8 Å². The number of rotatable bonds is 4. The SMILES string of the molecule is CCC(O)C(C(C)O)C1CC1. The quantitative estimate of drug-likeness (QED) is 0.644. The lowest BCUT2D eigenvalue weighted by Gasteiger charge is -2.24. The van der Waals surface area contributed by atoms with Crippen LogP contribution in [0.3, 0.4) is 0 Å². The fraction of sp³-hybridized carbons (Fsp3) is 1.00. The van der Waals surface area contributed by atoms with Crippen molar-refractivity contribution in [3.05, 3.63) is 0 Å². The van der Waals surface area contributed by atoms with E-state index in [0.29, 0.717) is 5.92 Å². The highest BCUT2D eigenvalue weighted by Gasteiger charge is 2.37. The van der Waals surface area contributed by atoms with Crippen LogP contribution in [0.2, 0.25) is 0 Å². The zero-order valence-corrected chi connectivity index (χ0v) is 7.33. The first-order chi connectivity index (χ1) is 5.16. The van der Waals surface area contributed by atoms with Gasteiger partial charge in [-0.2, -0.15) is 0 Å². The predicted molar refractivity (Wildman–Crippen MR) is 44.2 cm³/mol. The highest BCUT2D eigenvalue weighted by atomic mass is 16.3. The molecule has 0 spiro atoms. The number of hydrogen-bond donors (Lipinski definition) is 2. The van der Waals surface area contributed by atoms with E-state index in [1.54, 1.807) is 6.92 Å². The van der Waals surface area contributed by atoms with Gasteiger partial charge in [0.05, 0.1) is 12.2 Å². The van der Waals surface area contributed by atoms with Gasteiger partial charge in [0.1, 0.15) is 0 Å². The van der Waals surface area contributed by atoms with Crippen molar-refractivity contribution in [3.63, 3.8) is 0 Å². The normalized spacial score (nSPS) is 26.2. The Morgan fingerprint density at radius 3 is 2.18 bits per heavy atom. The van der Waals surface area contributed by atoms with Crippen LogP contribution in [0.4, 0.5) is 0 Å². The van der Waals surface area contributed by atoms with Gasteiger partial charge < -0.3 is 10.2 Å². The molecule has 0 aliphatic heterocycles. The van der Waals surface area contributed by atoms with Gasteiger partial charge in [-0.05, 0) is 32.1 Å². The summed E-state index contributed by atoms with van der Waals surface area (Å²) in [5.74, 6) is 0.713. The van der Waals surface area contributed by atoms with E-state index < -0.39 is 0 Å². The molecule has 1 aliphatic carbocycles. The molecular weight excluding hydrogens is 140 g/mol. The van der Waals surface area contributed by atoms with Crippen LogP contribution in [0.5, 0.6) is 0 Å². The summed E-state index contributed by atoms with van der Waals surface area (Å²) < 4.78 is 0. The van der Waals surface area contributed by atoms with Crippen molar-refractivity contribution < 1.29 is 10.2 Å². The van der Waals surface area contributed by atoms with E-state index in [9.17, 15) is 10.2 Å². The molecule has 11 heavy (non-hydrogen) atoms. The van der Waals surface area contributed by atoms with Crippen molar-refractivity contribution in [3.8, 4) is 0 Å². The highest BCUT2D eigenvalue weighted by Crippen LogP contribution is 2.40. The summed E-state index contributed by atoms with van der Waals surface area (Å²) in [6, 6.07) is 0. The average molecular weight is 158 g/mol. The van der Waals surface area contributed by atoms with Crippen LogP contribution in [0.25, 0.3) is 0 Å². The van der Waals surface area contributed by atoms with E-state index in [2.05, 4.69) is 0 Å². The fourth-order valence-electron chi connectivity index (χ4n) is 1.78. The molecule has 1 fully saturated rings. The van der Waals surface area contributed by atoms with Crippen LogP contribution in [0.15, 0.2) is 0 Å². The Morgan fingerprint density at radius 2 is 1.91 bits per heavy atom. The molecule has 1 rings (SSSR count). The maximum absolute atomic E-state index is 9.54. The molecule has 66 valence electrons. The summed E-state index contributed by atoms with van der Waals surface area (Å²) in [5, 5.41) is 18.9. The van der Waals surface area contributed by atoms with Gasteiger partial charge in [0, 0.05) is 5.92 Å². The predicted octanol–water partition coefficient (Wildman–Crippen LogP) is 1.16. The van der Waals surface area contributed by atoms with Gasteiger partial charge in [-0.25, -0.2) is 0 Å². The minimum Gasteiger partial charge on any atom is -0.393 e. The second-order valence-corrected chi connectivity index (χ2v) is 3.63. The zero-order valence-electron chi connectivity index (χ0n) is 7.33. The Bertz CT molecular complexity index is 117. The molecule has 2 N–H and O–H groups in total. The highest BCUT2D eigenvalue weighted by molar-refractivity contribution is 4.87. The van der Waals surface area contributed by atoms with Gasteiger partial charge in [0.15, 0.2) is 0 Å². The van der Waals surface area contributed by atoms with E-state index in [0.717, 1.165) is 6.42 Å². The van der Waals surface area contributed by atoms with E-state index in [4.69, 9.17) is 0 Å². The Balaban J connectivity index is 2.44. The molecule has 0 aromatic heterocycles. The van der Waals surface area contributed by atoms with Crippen molar-refractivity contribution >= 4 is 0 Å². The molecule has 0 saturated heterocycles. The standard InChI is InChI=1S/C9H18O2/c1-3-8(11)9(6(2)10)7-4-5-7/h6-11H,3-5H2,1-2H3. The third-order valence-electron chi connectivity index (χ3n) is 2.59. The lowest BCUT2D eigenvalue weighted by molar-refractivity contribution is 0.00816. The van der Waals surface area contributed by atoms with Gasteiger partial charge in [0.25, 0.3) is 0 Å². The summed E-state index contributed by atoms with van der Waals surface area (Å²) in [7, 11) is 0. The average Bonchev–Trinajstić information content (AvgIpc) is 2.71. The summed E-state index contributed by atoms with van der Waals surface area (Å²) >= 11 is 0. The molecule has 1 saturated carbocycles. The topological polar surface area (TPSA) is 40.5 Å². The smallest absolute Gasteiger partial charge is 0.0593 e. The Kier molecular flexibility index (Phi) is 2.90. The van der Waals surface area contributed by atoms with Gasteiger partial charge >= 0.3 is 0 Å². The third kappa shape index (κ3) is 2.17. The Hall–Kier alpha value is -0.0800. The summed E-state index contributed by atoms with van der Waals surface area (Å²) in [4.78, 5) is 0. The summed E-state index contributed by atoms with van der Waals surface area (Å²) in [6.07, 6.45) is 2.48. The second-order valence-electron chi connectivity index (χ2n) is 3.63. The Labute approximate surface area is 68.2 Å². The van der Waals surface area contributed by atoms with Crippen LogP contribution >= 0.6 is 0 Å². The summed E-state index contributed by atoms with van der Waals surface area (Å²) in [5.41, 5.74) is 0. The van der Waals surface area contributed by atoms with E-state index in [-0.39, 0.29) is 18.1 Å². The fourth-order valence-corrected chi connectivity index (χ4v) is 1.78. The molecule has 0 aromatic carbocycles. The molecule has 0 heterocycles. The van der Waals surface area contributed by atoms with E-state index in [1.807, 2.05) is 6.92 Å². The molecule has 0 bridgehead atoms. The monoisotopic (exact) mass is 158 g/mol. The lowest BCUT2D eigenvalue weighted by atomic mass is 9.90. The van der Waals surface area contributed by atoms with Crippen LogP contribution in [0.1, 0.15) is 33.1 Å². The molecule has 2 nitrogen and oxygen atoms in total. The molecule has 3 atom stereocenters. The van der Waals surface area contributed by atoms with Crippen molar-refractivity contribution in [1.82, 2.24) is 0 Å². The van der Waals surface area contributed by atoms with Crippen LogP contribution in [-0.4, -0.2) is 22.4 Å². The first kappa shape index (κ1) is 9.01. The number of aliphatic hydroxyl groups excluding tert-OH is 2. The summed E-state index contributed by atoms with van der Waals surface area (Å²) in [6.45, 7) is 3.74. The molecule has 1 aliphatic rings. The lowest BCUT2D eigenvalue weighted by Crippen LogP contribution is -2.31. The number of aliphatic hydroxyl groups is 2. The zero-order chi connectivity index (χ0) is 8.43. The third-order valence-corrected chi connectivity index (χ3v) is 2.59. The Morgan fingerprint density at radius 1 is 1.36 bits per heavy atom. The molecule has 3 unspecified atom stereocenters. The maximum Gasteiger partial charge on any atom is 0.0593 e. The van der Waals surface area contributed by atoms with Crippen molar-refractivity contribution in [2.45, 2.75) is 45.3 Å². The maximum atomic E-state index is 9.54. The molecular formula is C9H18O2. The van der Waals surface area contributed by atoms with Gasteiger partial charge in [-0.15, -0.1) is 0 Å².